The third-order valence-corrected chi connectivity index (χ3v) is 8.79. The Kier molecular flexibility index (Phi) is 9.30. The lowest BCUT2D eigenvalue weighted by molar-refractivity contribution is 0.132. The van der Waals surface area contributed by atoms with E-state index in [-0.39, 0.29) is 50.2 Å². The number of ether oxygens (including phenoxy) is 1. The van der Waals surface area contributed by atoms with Gasteiger partial charge >= 0.3 is 7.60 Å². The Morgan fingerprint density at radius 3 is 1.98 bits per heavy atom. The van der Waals surface area contributed by atoms with E-state index in [0.717, 1.165) is 0 Å². The Balaban J connectivity index is 1.30. The second-order valence-electron chi connectivity index (χ2n) is 9.85. The van der Waals surface area contributed by atoms with E-state index in [1.165, 1.54) is 33.6 Å². The van der Waals surface area contributed by atoms with Gasteiger partial charge in [0.05, 0.1) is 51.3 Å². The summed E-state index contributed by atoms with van der Waals surface area (Å²) in [6.07, 6.45) is 5.01. The Morgan fingerprint density at radius 1 is 0.783 bits per heavy atom. The van der Waals surface area contributed by atoms with Gasteiger partial charge in [0.25, 0.3) is 5.95 Å². The molecule has 0 fully saturated rings. The van der Waals surface area contributed by atoms with Gasteiger partial charge in [0.15, 0.2) is 17.0 Å². The molecule has 6 aromatic rings. The van der Waals surface area contributed by atoms with E-state index < -0.39 is 7.60 Å². The van der Waals surface area contributed by atoms with Gasteiger partial charge < -0.3 is 18.4 Å². The van der Waals surface area contributed by atoms with Gasteiger partial charge in [-0.05, 0) is 62.4 Å². The summed E-state index contributed by atoms with van der Waals surface area (Å²) in [5.41, 5.74) is 3.19. The first-order chi connectivity index (χ1) is 22.4. The molecule has 0 radical (unpaired) electrons. The number of hydrogen-bond acceptors (Lipinski definition) is 11. The summed E-state index contributed by atoms with van der Waals surface area (Å²) in [6.45, 7) is 4.85. The summed E-state index contributed by atoms with van der Waals surface area (Å²) in [5, 5.41) is 16.9. The molecule has 0 aliphatic heterocycles. The molecule has 0 aliphatic rings. The molecule has 238 valence electrons. The van der Waals surface area contributed by atoms with Crippen LogP contribution in [-0.4, -0.2) is 82.1 Å². The lowest BCUT2D eigenvalue weighted by atomic mass is 10.2. The Bertz CT molecular complexity index is 1970. The fourth-order valence-electron chi connectivity index (χ4n) is 4.58. The van der Waals surface area contributed by atoms with Gasteiger partial charge in [0, 0.05) is 17.7 Å². The highest BCUT2D eigenvalue weighted by atomic mass is 31.2. The molecule has 0 saturated carbocycles. The zero-order valence-electron chi connectivity index (χ0n) is 24.9. The molecule has 17 heteroatoms. The topological polar surface area (TPSA) is 150 Å². The maximum Gasteiger partial charge on any atom is 0.332 e. The number of fused-ring (bicyclic) bond motifs is 1. The molecule has 0 atom stereocenters. The fourth-order valence-corrected chi connectivity index (χ4v) is 6.05. The van der Waals surface area contributed by atoms with Crippen molar-refractivity contribution < 1.29 is 27.1 Å². The summed E-state index contributed by atoms with van der Waals surface area (Å²) >= 11 is 0. The zero-order chi connectivity index (χ0) is 32.1. The first-order valence-electron chi connectivity index (χ1n) is 14.4. The standard InChI is InChI=1S/C29H29F2N10O4P/c1-3-44-46(42,45-4-2)16-15-43-14-13-39-19-32-26-27(39)33-29(41-18-25(36-38-41)21-7-11-23(31)12-8-21)34-28(26)40-17-24(35-37-40)20-5-9-22(30)10-6-20/h5-12,17-19H,3-4,13-16H2,1-2H3. The largest absolute Gasteiger partial charge is 0.379 e. The van der Waals surface area contributed by atoms with Crippen LogP contribution in [0.2, 0.25) is 0 Å². The van der Waals surface area contributed by atoms with E-state index >= 15 is 0 Å². The average molecular weight is 651 g/mol. The molecular weight excluding hydrogens is 621 g/mol. The van der Waals surface area contributed by atoms with Gasteiger partial charge in [0.2, 0.25) is 0 Å². The normalized spacial score (nSPS) is 11.9. The monoisotopic (exact) mass is 650 g/mol. The first-order valence-corrected chi connectivity index (χ1v) is 16.1. The molecule has 0 unspecified atom stereocenters. The van der Waals surface area contributed by atoms with E-state index in [4.69, 9.17) is 23.8 Å². The quantitative estimate of drug-likeness (QED) is 0.117. The molecule has 46 heavy (non-hydrogen) atoms. The van der Waals surface area contributed by atoms with Crippen LogP contribution in [0.25, 0.3) is 45.4 Å². The van der Waals surface area contributed by atoms with Crippen molar-refractivity contribution >= 4 is 18.8 Å². The number of rotatable bonds is 14. The molecule has 0 spiro atoms. The van der Waals surface area contributed by atoms with Crippen LogP contribution >= 0.6 is 7.60 Å². The van der Waals surface area contributed by atoms with Crippen molar-refractivity contribution in [2.45, 2.75) is 20.4 Å². The third kappa shape index (κ3) is 6.89. The lowest BCUT2D eigenvalue weighted by Gasteiger charge is -2.16. The number of nitrogens with zero attached hydrogens (tertiary/aromatic N) is 10. The van der Waals surface area contributed by atoms with Gasteiger partial charge in [0.1, 0.15) is 23.0 Å². The van der Waals surface area contributed by atoms with E-state index in [1.807, 2.05) is 0 Å². The van der Waals surface area contributed by atoms with E-state index in [9.17, 15) is 13.3 Å². The van der Waals surface area contributed by atoms with Crippen LogP contribution in [0.3, 0.4) is 0 Å². The van der Waals surface area contributed by atoms with Crippen molar-refractivity contribution in [1.82, 2.24) is 49.5 Å². The highest BCUT2D eigenvalue weighted by Gasteiger charge is 2.23. The SMILES string of the molecule is CCOP(=O)(CCOCCn1cnc2c(-n3cc(-c4ccc(F)cc4)nn3)nc(-n3cc(-c4ccc(F)cc4)nn3)nc21)OCC. The summed E-state index contributed by atoms with van der Waals surface area (Å²) in [6, 6.07) is 11.8. The predicted molar refractivity (Wildman–Crippen MR) is 162 cm³/mol. The van der Waals surface area contributed by atoms with Gasteiger partial charge in [-0.2, -0.15) is 19.3 Å². The summed E-state index contributed by atoms with van der Waals surface area (Å²) < 4.78 is 60.7. The summed E-state index contributed by atoms with van der Waals surface area (Å²) in [7, 11) is -3.22. The van der Waals surface area contributed by atoms with Crippen LogP contribution in [0, 0.1) is 11.6 Å². The highest BCUT2D eigenvalue weighted by Crippen LogP contribution is 2.47. The number of halogens is 2. The van der Waals surface area contributed by atoms with E-state index in [1.54, 1.807) is 61.4 Å². The number of aromatic nitrogens is 10. The van der Waals surface area contributed by atoms with Crippen molar-refractivity contribution in [3.63, 3.8) is 0 Å². The molecule has 0 N–H and O–H groups in total. The molecule has 14 nitrogen and oxygen atoms in total. The van der Waals surface area contributed by atoms with Gasteiger partial charge in [-0.3, -0.25) is 4.57 Å². The Hall–Kier alpha value is -4.76. The predicted octanol–water partition coefficient (Wildman–Crippen LogP) is 4.88. The molecule has 0 saturated heterocycles. The van der Waals surface area contributed by atoms with Gasteiger partial charge in [-0.25, -0.2) is 13.8 Å². The molecular formula is C29H29F2N10O4P. The summed E-state index contributed by atoms with van der Waals surface area (Å²) in [4.78, 5) is 14.0. The number of hydrogen-bond donors (Lipinski definition) is 0. The minimum absolute atomic E-state index is 0.126. The third-order valence-electron chi connectivity index (χ3n) is 6.76. The van der Waals surface area contributed by atoms with Gasteiger partial charge in [-0.15, -0.1) is 10.2 Å². The van der Waals surface area contributed by atoms with Gasteiger partial charge in [-0.1, -0.05) is 10.4 Å². The van der Waals surface area contributed by atoms with E-state index in [2.05, 4.69) is 25.6 Å². The Morgan fingerprint density at radius 2 is 1.37 bits per heavy atom. The van der Waals surface area contributed by atoms with Crippen LogP contribution in [0.5, 0.6) is 0 Å². The van der Waals surface area contributed by atoms with Crippen molar-refractivity contribution in [2.24, 2.45) is 0 Å². The smallest absolute Gasteiger partial charge is 0.332 e. The Labute approximate surface area is 261 Å². The second kappa shape index (κ2) is 13.7. The van der Waals surface area contributed by atoms with Crippen molar-refractivity contribution in [1.29, 1.82) is 0 Å². The average Bonchev–Trinajstić information content (AvgIpc) is 3.82. The maximum absolute atomic E-state index is 13.5. The molecule has 4 aromatic heterocycles. The van der Waals surface area contributed by atoms with Crippen LogP contribution in [0.1, 0.15) is 13.8 Å². The minimum Gasteiger partial charge on any atom is -0.379 e. The zero-order valence-corrected chi connectivity index (χ0v) is 25.8. The van der Waals surface area contributed by atoms with Crippen molar-refractivity contribution in [3.05, 3.63) is 78.9 Å². The van der Waals surface area contributed by atoms with E-state index in [0.29, 0.717) is 46.0 Å². The molecule has 0 amide bonds. The molecule has 4 heterocycles. The molecule has 0 bridgehead atoms. The molecule has 0 aliphatic carbocycles. The summed E-state index contributed by atoms with van der Waals surface area (Å²) in [5.74, 6) is -0.247. The van der Waals surface area contributed by atoms with Crippen LogP contribution < -0.4 is 0 Å². The van der Waals surface area contributed by atoms with Crippen molar-refractivity contribution in [2.75, 3.05) is 32.6 Å². The van der Waals surface area contributed by atoms with Crippen molar-refractivity contribution in [3.8, 4) is 34.3 Å². The van der Waals surface area contributed by atoms with Crippen LogP contribution in [0.4, 0.5) is 8.78 Å². The first kappa shape index (κ1) is 31.2. The van der Waals surface area contributed by atoms with Crippen LogP contribution in [0.15, 0.2) is 67.3 Å². The molecule has 2 aromatic carbocycles. The maximum atomic E-state index is 13.5. The highest BCUT2D eigenvalue weighted by molar-refractivity contribution is 7.53. The number of imidazole rings is 1. The second-order valence-corrected chi connectivity index (χ2v) is 12.0. The lowest BCUT2D eigenvalue weighted by Crippen LogP contribution is -2.12. The molecule has 6 rings (SSSR count). The minimum atomic E-state index is -3.22. The fraction of sp³-hybridized carbons (Fsp3) is 0.276. The number of benzene rings is 2. The van der Waals surface area contributed by atoms with Crippen LogP contribution in [-0.2, 0) is 24.9 Å².